The molecule has 20 heavy (non-hydrogen) atoms. The number of hydrogen-bond acceptors (Lipinski definition) is 4. The van der Waals surface area contributed by atoms with Gasteiger partial charge in [-0.05, 0) is 37.9 Å². The third-order valence-electron chi connectivity index (χ3n) is 2.68. The molecule has 0 spiro atoms. The maximum absolute atomic E-state index is 11.6. The standard InChI is InChI=1S/C14H18N2O3.ClH/c1-16(2)8-7-15-14(17)6-4-11-3-5-12-13(9-11)19-10-18-12;/h3-6,9H,7-8,10H2,1-2H3,(H,15,17);1H/p-1/b6-4+;. The minimum absolute atomic E-state index is 0. The highest BCUT2D eigenvalue weighted by atomic mass is 35.5. The number of carbonyl (C=O) groups excluding carboxylic acids is 1. The first-order valence-electron chi connectivity index (χ1n) is 6.15. The van der Waals surface area contributed by atoms with Crippen LogP contribution in [-0.4, -0.2) is 44.8 Å². The summed E-state index contributed by atoms with van der Waals surface area (Å²) in [6.45, 7) is 1.72. The van der Waals surface area contributed by atoms with E-state index in [1.54, 1.807) is 6.08 Å². The van der Waals surface area contributed by atoms with Gasteiger partial charge in [-0.2, -0.15) is 0 Å². The van der Waals surface area contributed by atoms with Gasteiger partial charge >= 0.3 is 0 Å². The number of likely N-dealkylation sites (N-methyl/N-ethyl adjacent to an activating group) is 1. The van der Waals surface area contributed by atoms with E-state index in [0.717, 1.165) is 23.6 Å². The summed E-state index contributed by atoms with van der Waals surface area (Å²) >= 11 is 0. The van der Waals surface area contributed by atoms with Crippen LogP contribution in [0.4, 0.5) is 0 Å². The fourth-order valence-electron chi connectivity index (χ4n) is 1.65. The van der Waals surface area contributed by atoms with E-state index >= 15 is 0 Å². The van der Waals surface area contributed by atoms with Crippen LogP contribution in [0.25, 0.3) is 6.08 Å². The Morgan fingerprint density at radius 2 is 2.10 bits per heavy atom. The highest BCUT2D eigenvalue weighted by molar-refractivity contribution is 5.91. The van der Waals surface area contributed by atoms with Crippen molar-refractivity contribution in [1.82, 2.24) is 10.2 Å². The Kier molecular flexibility index (Phi) is 6.35. The zero-order valence-electron chi connectivity index (χ0n) is 11.6. The topological polar surface area (TPSA) is 50.8 Å². The Morgan fingerprint density at radius 1 is 1.35 bits per heavy atom. The number of carbonyl (C=O) groups is 1. The van der Waals surface area contributed by atoms with Crippen molar-refractivity contribution in [3.8, 4) is 11.5 Å². The van der Waals surface area contributed by atoms with Crippen molar-refractivity contribution in [3.63, 3.8) is 0 Å². The molecule has 0 fully saturated rings. The van der Waals surface area contributed by atoms with Gasteiger partial charge in [-0.15, -0.1) is 0 Å². The second-order valence-electron chi connectivity index (χ2n) is 4.54. The van der Waals surface area contributed by atoms with Crippen molar-refractivity contribution >= 4 is 12.0 Å². The fraction of sp³-hybridized carbons (Fsp3) is 0.357. The molecule has 0 atom stereocenters. The van der Waals surface area contributed by atoms with Crippen LogP contribution in [0, 0.1) is 0 Å². The zero-order chi connectivity index (χ0) is 13.7. The maximum atomic E-state index is 11.6. The quantitative estimate of drug-likeness (QED) is 0.646. The Balaban J connectivity index is 0.00000200. The van der Waals surface area contributed by atoms with Crippen LogP contribution >= 0.6 is 0 Å². The summed E-state index contributed by atoms with van der Waals surface area (Å²) in [4.78, 5) is 13.6. The third-order valence-corrected chi connectivity index (χ3v) is 2.68. The molecule has 0 saturated heterocycles. The number of halogens is 1. The lowest BCUT2D eigenvalue weighted by Gasteiger charge is -2.08. The lowest BCUT2D eigenvalue weighted by Crippen LogP contribution is -3.00. The van der Waals surface area contributed by atoms with Gasteiger partial charge in [0.05, 0.1) is 0 Å². The van der Waals surface area contributed by atoms with Crippen LogP contribution in [0.15, 0.2) is 24.3 Å². The normalized spacial score (nSPS) is 12.6. The molecule has 0 radical (unpaired) electrons. The Hall–Kier alpha value is -1.72. The highest BCUT2D eigenvalue weighted by Crippen LogP contribution is 2.32. The molecular weight excluding hydrogens is 280 g/mol. The molecule has 1 heterocycles. The minimum Gasteiger partial charge on any atom is -1.00 e. The number of fused-ring (bicyclic) bond motifs is 1. The van der Waals surface area contributed by atoms with E-state index in [0.29, 0.717) is 6.54 Å². The summed E-state index contributed by atoms with van der Waals surface area (Å²) < 4.78 is 10.5. The molecule has 1 N–H and O–H groups in total. The molecule has 2 rings (SSSR count). The number of nitrogens with one attached hydrogen (secondary N) is 1. The van der Waals surface area contributed by atoms with Gasteiger partial charge in [-0.25, -0.2) is 0 Å². The van der Waals surface area contributed by atoms with E-state index in [9.17, 15) is 4.79 Å². The van der Waals surface area contributed by atoms with Crippen molar-refractivity contribution < 1.29 is 26.7 Å². The van der Waals surface area contributed by atoms with Crippen LogP contribution in [0.3, 0.4) is 0 Å². The SMILES string of the molecule is CN(C)CCNC(=O)/C=C/c1ccc2c(c1)OCO2.[Cl-]. The average molecular weight is 298 g/mol. The Bertz CT molecular complexity index is 489. The summed E-state index contributed by atoms with van der Waals surface area (Å²) in [5.41, 5.74) is 0.909. The lowest BCUT2D eigenvalue weighted by atomic mass is 10.2. The van der Waals surface area contributed by atoms with E-state index in [-0.39, 0.29) is 25.1 Å². The number of hydrogen-bond donors (Lipinski definition) is 1. The first-order valence-corrected chi connectivity index (χ1v) is 6.15. The van der Waals surface area contributed by atoms with E-state index in [2.05, 4.69) is 5.32 Å². The van der Waals surface area contributed by atoms with Gasteiger partial charge < -0.3 is 32.1 Å². The first kappa shape index (κ1) is 16.3. The van der Waals surface area contributed by atoms with Crippen LogP contribution in [0.1, 0.15) is 5.56 Å². The maximum Gasteiger partial charge on any atom is 0.244 e. The summed E-state index contributed by atoms with van der Waals surface area (Å²) in [6, 6.07) is 5.58. The van der Waals surface area contributed by atoms with E-state index in [1.807, 2.05) is 37.2 Å². The predicted molar refractivity (Wildman–Crippen MR) is 73.2 cm³/mol. The average Bonchev–Trinajstić information content (AvgIpc) is 2.83. The van der Waals surface area contributed by atoms with Gasteiger partial charge in [-0.1, -0.05) is 6.07 Å². The van der Waals surface area contributed by atoms with Crippen molar-refractivity contribution in [2.24, 2.45) is 0 Å². The van der Waals surface area contributed by atoms with Gasteiger partial charge in [0, 0.05) is 19.2 Å². The van der Waals surface area contributed by atoms with E-state index in [4.69, 9.17) is 9.47 Å². The van der Waals surface area contributed by atoms with E-state index in [1.165, 1.54) is 6.08 Å². The third kappa shape index (κ3) is 4.75. The van der Waals surface area contributed by atoms with Crippen molar-refractivity contribution in [2.75, 3.05) is 34.0 Å². The summed E-state index contributed by atoms with van der Waals surface area (Å²) in [5, 5.41) is 2.81. The predicted octanol–water partition coefficient (Wildman–Crippen LogP) is -1.89. The number of ether oxygens (including phenoxy) is 2. The molecule has 0 bridgehead atoms. The largest absolute Gasteiger partial charge is 1.00 e. The van der Waals surface area contributed by atoms with Gasteiger partial charge in [0.15, 0.2) is 11.5 Å². The molecule has 0 aliphatic carbocycles. The Labute approximate surface area is 125 Å². The van der Waals surface area contributed by atoms with E-state index < -0.39 is 0 Å². The zero-order valence-corrected chi connectivity index (χ0v) is 12.3. The van der Waals surface area contributed by atoms with Gasteiger partial charge in [0.2, 0.25) is 12.7 Å². The molecule has 1 aromatic rings. The van der Waals surface area contributed by atoms with Crippen LogP contribution < -0.4 is 27.2 Å². The molecule has 1 aromatic carbocycles. The molecule has 1 aliphatic heterocycles. The fourth-order valence-corrected chi connectivity index (χ4v) is 1.65. The van der Waals surface area contributed by atoms with Crippen LogP contribution in [0.2, 0.25) is 0 Å². The smallest absolute Gasteiger partial charge is 0.244 e. The van der Waals surface area contributed by atoms with Gasteiger partial charge in [-0.3, -0.25) is 4.79 Å². The molecule has 0 aromatic heterocycles. The second-order valence-corrected chi connectivity index (χ2v) is 4.54. The second kappa shape index (κ2) is 7.77. The molecule has 6 heteroatoms. The van der Waals surface area contributed by atoms with Gasteiger partial charge in [0.1, 0.15) is 0 Å². The summed E-state index contributed by atoms with van der Waals surface area (Å²) in [5.74, 6) is 1.36. The molecule has 1 amide bonds. The van der Waals surface area contributed by atoms with Crippen LogP contribution in [-0.2, 0) is 4.79 Å². The van der Waals surface area contributed by atoms with Crippen molar-refractivity contribution in [1.29, 1.82) is 0 Å². The molecule has 5 nitrogen and oxygen atoms in total. The van der Waals surface area contributed by atoms with Crippen molar-refractivity contribution in [2.45, 2.75) is 0 Å². The summed E-state index contributed by atoms with van der Waals surface area (Å²) in [7, 11) is 3.93. The first-order chi connectivity index (χ1) is 9.15. The molecule has 110 valence electrons. The van der Waals surface area contributed by atoms with Gasteiger partial charge in [0.25, 0.3) is 0 Å². The minimum atomic E-state index is -0.0977. The molecule has 0 saturated carbocycles. The molecule has 0 unspecified atom stereocenters. The Morgan fingerprint density at radius 3 is 2.85 bits per heavy atom. The monoisotopic (exact) mass is 297 g/mol. The number of rotatable bonds is 5. The van der Waals surface area contributed by atoms with Crippen LogP contribution in [0.5, 0.6) is 11.5 Å². The number of benzene rings is 1. The molecular formula is C14H18ClN2O3-. The lowest BCUT2D eigenvalue weighted by molar-refractivity contribution is -0.116. The number of nitrogens with zero attached hydrogens (tertiary/aromatic N) is 1. The van der Waals surface area contributed by atoms with Crippen molar-refractivity contribution in [3.05, 3.63) is 29.8 Å². The summed E-state index contributed by atoms with van der Waals surface area (Å²) in [6.07, 6.45) is 3.28. The molecule has 1 aliphatic rings. The highest BCUT2D eigenvalue weighted by Gasteiger charge is 2.12. The number of amides is 1.